The first-order chi connectivity index (χ1) is 13.7. The number of benzene rings is 1. The molecule has 0 radical (unpaired) electrons. The van der Waals surface area contributed by atoms with E-state index in [2.05, 4.69) is 15.0 Å². The molecule has 8 heteroatoms. The van der Waals surface area contributed by atoms with E-state index in [0.29, 0.717) is 16.6 Å². The molecule has 140 valence electrons. The Kier molecular flexibility index (Phi) is 5.20. The van der Waals surface area contributed by atoms with Gasteiger partial charge in [-0.05, 0) is 24.3 Å². The molecule has 0 bridgehead atoms. The van der Waals surface area contributed by atoms with E-state index in [9.17, 15) is 9.59 Å². The minimum atomic E-state index is -0.396. The quantitative estimate of drug-likeness (QED) is 0.469. The van der Waals surface area contributed by atoms with Crippen molar-refractivity contribution in [2.24, 2.45) is 0 Å². The van der Waals surface area contributed by atoms with E-state index in [-0.39, 0.29) is 25.1 Å². The van der Waals surface area contributed by atoms with Gasteiger partial charge in [-0.15, -0.1) is 11.3 Å². The van der Waals surface area contributed by atoms with E-state index >= 15 is 0 Å². The second-order valence-electron chi connectivity index (χ2n) is 6.03. The summed E-state index contributed by atoms with van der Waals surface area (Å²) in [5.74, 6) is -0.396. The van der Waals surface area contributed by atoms with Crippen molar-refractivity contribution in [2.45, 2.75) is 19.6 Å². The minimum absolute atomic E-state index is 0.0805. The van der Waals surface area contributed by atoms with Crippen molar-refractivity contribution in [2.75, 3.05) is 0 Å². The normalized spacial score (nSPS) is 10.9. The molecule has 0 spiro atoms. The van der Waals surface area contributed by atoms with Crippen LogP contribution in [0.4, 0.5) is 0 Å². The molecule has 0 aliphatic heterocycles. The Morgan fingerprint density at radius 1 is 1.11 bits per heavy atom. The zero-order valence-corrected chi connectivity index (χ0v) is 15.6. The van der Waals surface area contributed by atoms with Crippen molar-refractivity contribution in [3.05, 3.63) is 76.4 Å². The van der Waals surface area contributed by atoms with E-state index in [4.69, 9.17) is 4.74 Å². The lowest BCUT2D eigenvalue weighted by atomic mass is 10.2. The highest BCUT2D eigenvalue weighted by molar-refractivity contribution is 7.13. The Hall–Kier alpha value is -3.39. The number of esters is 1. The molecule has 1 aromatic carbocycles. The number of rotatable bonds is 6. The lowest BCUT2D eigenvalue weighted by Crippen LogP contribution is -2.22. The number of carbonyl (C=O) groups is 1. The molecule has 0 saturated heterocycles. The molecule has 0 amide bonds. The number of pyridine rings is 1. The average Bonchev–Trinajstić information content (AvgIpc) is 3.22. The summed E-state index contributed by atoms with van der Waals surface area (Å²) in [5.41, 5.74) is 1.92. The van der Waals surface area contributed by atoms with Crippen LogP contribution >= 0.6 is 11.3 Å². The summed E-state index contributed by atoms with van der Waals surface area (Å²) in [6, 6.07) is 12.7. The van der Waals surface area contributed by atoms with E-state index in [0.717, 1.165) is 10.7 Å². The predicted molar refractivity (Wildman–Crippen MR) is 106 cm³/mol. The van der Waals surface area contributed by atoms with E-state index in [1.165, 1.54) is 22.2 Å². The van der Waals surface area contributed by atoms with Gasteiger partial charge in [0.1, 0.15) is 11.6 Å². The van der Waals surface area contributed by atoms with E-state index in [1.54, 1.807) is 24.4 Å². The van der Waals surface area contributed by atoms with Crippen molar-refractivity contribution in [1.82, 2.24) is 19.5 Å². The summed E-state index contributed by atoms with van der Waals surface area (Å²) < 4.78 is 6.70. The molecule has 3 aromatic heterocycles. The van der Waals surface area contributed by atoms with Crippen molar-refractivity contribution in [3.8, 4) is 10.7 Å². The third kappa shape index (κ3) is 3.96. The molecule has 3 heterocycles. The van der Waals surface area contributed by atoms with Crippen LogP contribution in [-0.2, 0) is 22.7 Å². The Balaban J connectivity index is 1.34. The number of fused-ring (bicyclic) bond motifs is 1. The van der Waals surface area contributed by atoms with Crippen LogP contribution in [0, 0.1) is 0 Å². The Labute approximate surface area is 164 Å². The Morgan fingerprint density at radius 3 is 2.82 bits per heavy atom. The maximum absolute atomic E-state index is 12.4. The third-order valence-corrected chi connectivity index (χ3v) is 5.02. The van der Waals surface area contributed by atoms with Gasteiger partial charge in [0.05, 0.1) is 35.0 Å². The maximum atomic E-state index is 12.4. The number of nitrogens with zero attached hydrogens (tertiary/aromatic N) is 4. The first-order valence-electron chi connectivity index (χ1n) is 8.66. The second kappa shape index (κ2) is 8.10. The largest absolute Gasteiger partial charge is 0.459 e. The van der Waals surface area contributed by atoms with Crippen molar-refractivity contribution in [3.63, 3.8) is 0 Å². The molecule has 4 aromatic rings. The summed E-state index contributed by atoms with van der Waals surface area (Å²) in [6.07, 6.45) is 3.24. The van der Waals surface area contributed by atoms with Crippen molar-refractivity contribution < 1.29 is 9.53 Å². The van der Waals surface area contributed by atoms with Gasteiger partial charge in [0, 0.05) is 18.1 Å². The van der Waals surface area contributed by atoms with Crippen LogP contribution in [-0.4, -0.2) is 25.5 Å². The molecular weight excluding hydrogens is 376 g/mol. The van der Waals surface area contributed by atoms with Crippen LogP contribution < -0.4 is 5.56 Å². The van der Waals surface area contributed by atoms with Crippen LogP contribution in [0.3, 0.4) is 0 Å². The fourth-order valence-corrected chi connectivity index (χ4v) is 3.46. The number of ether oxygens (including phenoxy) is 1. The number of thiazole rings is 1. The van der Waals surface area contributed by atoms with Crippen LogP contribution in [0.5, 0.6) is 0 Å². The average molecular weight is 392 g/mol. The molecular formula is C20H16N4O3S. The van der Waals surface area contributed by atoms with Gasteiger partial charge in [-0.1, -0.05) is 18.2 Å². The summed E-state index contributed by atoms with van der Waals surface area (Å²) >= 11 is 1.45. The lowest BCUT2D eigenvalue weighted by Gasteiger charge is -2.06. The van der Waals surface area contributed by atoms with Gasteiger partial charge in [-0.25, -0.2) is 9.97 Å². The van der Waals surface area contributed by atoms with Crippen LogP contribution in [0.15, 0.2) is 65.2 Å². The van der Waals surface area contributed by atoms with Gasteiger partial charge >= 0.3 is 5.97 Å². The first kappa shape index (κ1) is 18.0. The second-order valence-corrected chi connectivity index (χ2v) is 6.89. The standard InChI is InChI=1S/C20H16N4O3S/c25-18(8-10-24-13-22-16-6-2-1-5-15(16)20(24)26)27-11-14-12-28-19(23-14)17-7-3-4-9-21-17/h1-7,9,12-13H,8,10-11H2. The highest BCUT2D eigenvalue weighted by atomic mass is 32.1. The Morgan fingerprint density at radius 2 is 1.96 bits per heavy atom. The van der Waals surface area contributed by atoms with Gasteiger partial charge in [-0.2, -0.15) is 0 Å². The van der Waals surface area contributed by atoms with Crippen molar-refractivity contribution >= 4 is 28.2 Å². The van der Waals surface area contributed by atoms with Gasteiger partial charge in [-0.3, -0.25) is 19.1 Å². The monoisotopic (exact) mass is 392 g/mol. The number of carbonyl (C=O) groups excluding carboxylic acids is 1. The lowest BCUT2D eigenvalue weighted by molar-refractivity contribution is -0.145. The topological polar surface area (TPSA) is 87.0 Å². The number of aryl methyl sites for hydroxylation is 1. The van der Waals surface area contributed by atoms with Gasteiger partial charge in [0.2, 0.25) is 0 Å². The third-order valence-electron chi connectivity index (χ3n) is 4.11. The molecule has 0 atom stereocenters. The number of hydrogen-bond donors (Lipinski definition) is 0. The molecule has 7 nitrogen and oxygen atoms in total. The zero-order valence-electron chi connectivity index (χ0n) is 14.8. The summed E-state index contributed by atoms with van der Waals surface area (Å²) in [7, 11) is 0. The Bertz CT molecular complexity index is 1170. The van der Waals surface area contributed by atoms with Crippen LogP contribution in [0.25, 0.3) is 21.6 Å². The van der Waals surface area contributed by atoms with Crippen LogP contribution in [0.2, 0.25) is 0 Å². The minimum Gasteiger partial charge on any atom is -0.459 e. The molecule has 0 N–H and O–H groups in total. The maximum Gasteiger partial charge on any atom is 0.307 e. The highest BCUT2D eigenvalue weighted by Crippen LogP contribution is 2.21. The molecule has 4 rings (SSSR count). The molecule has 0 aliphatic rings. The predicted octanol–water partition coefficient (Wildman–Crippen LogP) is 3.05. The van der Waals surface area contributed by atoms with Crippen LogP contribution in [0.1, 0.15) is 12.1 Å². The first-order valence-corrected chi connectivity index (χ1v) is 9.54. The SMILES string of the molecule is O=C(CCn1cnc2ccccc2c1=O)OCc1csc(-c2ccccn2)n1. The molecule has 0 unspecified atom stereocenters. The molecule has 28 heavy (non-hydrogen) atoms. The van der Waals surface area contributed by atoms with E-state index < -0.39 is 5.97 Å². The van der Waals surface area contributed by atoms with Gasteiger partial charge < -0.3 is 4.74 Å². The molecule has 0 aliphatic carbocycles. The molecule has 0 saturated carbocycles. The summed E-state index contributed by atoms with van der Waals surface area (Å²) in [5, 5.41) is 3.15. The zero-order chi connectivity index (χ0) is 19.3. The van der Waals surface area contributed by atoms with Gasteiger partial charge in [0.25, 0.3) is 5.56 Å². The smallest absolute Gasteiger partial charge is 0.307 e. The number of para-hydroxylation sites is 1. The number of hydrogen-bond acceptors (Lipinski definition) is 7. The highest BCUT2D eigenvalue weighted by Gasteiger charge is 2.10. The fourth-order valence-electron chi connectivity index (χ4n) is 2.68. The number of aromatic nitrogens is 4. The summed E-state index contributed by atoms with van der Waals surface area (Å²) in [4.78, 5) is 37.4. The van der Waals surface area contributed by atoms with Crippen molar-refractivity contribution in [1.29, 1.82) is 0 Å². The van der Waals surface area contributed by atoms with E-state index in [1.807, 2.05) is 29.6 Å². The van der Waals surface area contributed by atoms with Gasteiger partial charge in [0.15, 0.2) is 0 Å². The molecule has 0 fully saturated rings. The fraction of sp³-hybridized carbons (Fsp3) is 0.150. The summed E-state index contributed by atoms with van der Waals surface area (Å²) in [6.45, 7) is 0.304.